The normalized spacial score (nSPS) is 11.9. The van der Waals surface area contributed by atoms with E-state index in [1.165, 1.54) is 12.1 Å². The predicted octanol–water partition coefficient (Wildman–Crippen LogP) is 3.73. The Morgan fingerprint density at radius 2 is 1.44 bits per heavy atom. The van der Waals surface area contributed by atoms with Gasteiger partial charge in [-0.25, -0.2) is 30.4 Å². The zero-order valence-electron chi connectivity index (χ0n) is 11.8. The SMILES string of the molecule is O=[N+]([O-])c1cccc(/C=C/S(=O)(=O)c2c(F)c(F)c(F)c(F)c2F)c1. The average Bonchev–Trinajstić information content (AvgIpc) is 2.56. The molecule has 25 heavy (non-hydrogen) atoms. The minimum Gasteiger partial charge on any atom is -0.258 e. The first kappa shape index (κ1) is 18.5. The van der Waals surface area contributed by atoms with E-state index in [0.717, 1.165) is 18.2 Å². The van der Waals surface area contributed by atoms with E-state index in [1.807, 2.05) is 0 Å². The number of rotatable bonds is 4. The second-order valence-electron chi connectivity index (χ2n) is 4.60. The molecule has 132 valence electrons. The maximum absolute atomic E-state index is 13.6. The first-order valence-corrected chi connectivity index (χ1v) is 7.80. The van der Waals surface area contributed by atoms with Crippen molar-refractivity contribution in [3.63, 3.8) is 0 Å². The molecule has 0 unspecified atom stereocenters. The van der Waals surface area contributed by atoms with Crippen LogP contribution in [0.1, 0.15) is 5.56 Å². The van der Waals surface area contributed by atoms with Crippen molar-refractivity contribution in [1.29, 1.82) is 0 Å². The highest BCUT2D eigenvalue weighted by molar-refractivity contribution is 7.94. The largest absolute Gasteiger partial charge is 0.270 e. The smallest absolute Gasteiger partial charge is 0.258 e. The lowest BCUT2D eigenvalue weighted by Gasteiger charge is -2.06. The van der Waals surface area contributed by atoms with E-state index in [1.54, 1.807) is 0 Å². The van der Waals surface area contributed by atoms with Crippen molar-refractivity contribution in [2.75, 3.05) is 0 Å². The zero-order valence-corrected chi connectivity index (χ0v) is 12.7. The number of sulfone groups is 1. The molecule has 5 nitrogen and oxygen atoms in total. The van der Waals surface area contributed by atoms with Crippen molar-refractivity contribution >= 4 is 21.6 Å². The molecule has 0 radical (unpaired) electrons. The van der Waals surface area contributed by atoms with Crippen LogP contribution in [0.3, 0.4) is 0 Å². The molecule has 0 heterocycles. The minimum atomic E-state index is -5.06. The maximum atomic E-state index is 13.6. The van der Waals surface area contributed by atoms with Crippen LogP contribution in [-0.2, 0) is 9.84 Å². The van der Waals surface area contributed by atoms with Gasteiger partial charge in [0.25, 0.3) is 5.69 Å². The summed E-state index contributed by atoms with van der Waals surface area (Å²) in [7, 11) is -5.06. The molecule has 0 aliphatic heterocycles. The van der Waals surface area contributed by atoms with Gasteiger partial charge in [-0.15, -0.1) is 0 Å². The molecule has 0 amide bonds. The van der Waals surface area contributed by atoms with Gasteiger partial charge in [0, 0.05) is 17.5 Å². The number of nitro groups is 1. The number of non-ortho nitro benzene ring substituents is 1. The molecule has 0 N–H and O–H groups in total. The Labute approximate surface area is 137 Å². The Morgan fingerprint density at radius 3 is 1.96 bits per heavy atom. The monoisotopic (exact) mass is 379 g/mol. The lowest BCUT2D eigenvalue weighted by atomic mass is 10.2. The summed E-state index contributed by atoms with van der Waals surface area (Å²) in [6.07, 6.45) is 0.723. The van der Waals surface area contributed by atoms with Gasteiger partial charge in [0.15, 0.2) is 23.3 Å². The number of benzene rings is 2. The number of hydrogen-bond donors (Lipinski definition) is 0. The summed E-state index contributed by atoms with van der Waals surface area (Å²) in [5.74, 6) is -12.3. The summed E-state index contributed by atoms with van der Waals surface area (Å²) in [6.45, 7) is 0. The van der Waals surface area contributed by atoms with Crippen molar-refractivity contribution < 1.29 is 35.3 Å². The average molecular weight is 379 g/mol. The fraction of sp³-hybridized carbons (Fsp3) is 0. The van der Waals surface area contributed by atoms with Gasteiger partial charge in [-0.3, -0.25) is 10.1 Å². The Kier molecular flexibility index (Phi) is 4.88. The minimum absolute atomic E-state index is 0.0401. The highest BCUT2D eigenvalue weighted by Gasteiger charge is 2.32. The molecule has 0 bridgehead atoms. The second kappa shape index (κ2) is 6.59. The van der Waals surface area contributed by atoms with Crippen LogP contribution < -0.4 is 0 Å². The van der Waals surface area contributed by atoms with E-state index in [4.69, 9.17) is 0 Å². The summed E-state index contributed by atoms with van der Waals surface area (Å²) < 4.78 is 90.2. The van der Waals surface area contributed by atoms with E-state index in [-0.39, 0.29) is 11.0 Å². The molecule has 0 spiro atoms. The third-order valence-electron chi connectivity index (χ3n) is 2.97. The van der Waals surface area contributed by atoms with Crippen molar-refractivity contribution in [3.05, 3.63) is 74.4 Å². The number of nitro benzene ring substituents is 1. The molecule has 0 aliphatic rings. The Balaban J connectivity index is 2.54. The van der Waals surface area contributed by atoms with Crippen LogP contribution in [0.5, 0.6) is 0 Å². The van der Waals surface area contributed by atoms with Gasteiger partial charge < -0.3 is 0 Å². The maximum Gasteiger partial charge on any atom is 0.270 e. The summed E-state index contributed by atoms with van der Waals surface area (Å²) in [5.41, 5.74) is -0.433. The van der Waals surface area contributed by atoms with E-state index in [2.05, 4.69) is 0 Å². The molecule has 0 aromatic heterocycles. The van der Waals surface area contributed by atoms with Crippen LogP contribution in [0.15, 0.2) is 34.6 Å². The molecule has 2 rings (SSSR count). The molecule has 2 aromatic carbocycles. The fourth-order valence-electron chi connectivity index (χ4n) is 1.81. The van der Waals surface area contributed by atoms with Crippen LogP contribution in [-0.4, -0.2) is 13.3 Å². The quantitative estimate of drug-likeness (QED) is 0.203. The lowest BCUT2D eigenvalue weighted by Crippen LogP contribution is -2.11. The van der Waals surface area contributed by atoms with Gasteiger partial charge in [0.05, 0.1) is 4.92 Å². The number of hydrogen-bond acceptors (Lipinski definition) is 4. The topological polar surface area (TPSA) is 77.3 Å². The van der Waals surface area contributed by atoms with Crippen LogP contribution in [0.2, 0.25) is 0 Å². The predicted molar refractivity (Wildman–Crippen MR) is 75.5 cm³/mol. The van der Waals surface area contributed by atoms with E-state index in [9.17, 15) is 40.5 Å². The Bertz CT molecular complexity index is 976. The molecule has 0 saturated carbocycles. The molecular weight excluding hydrogens is 373 g/mol. The van der Waals surface area contributed by atoms with Crippen LogP contribution in [0.4, 0.5) is 27.6 Å². The first-order valence-electron chi connectivity index (χ1n) is 6.25. The first-order chi connectivity index (χ1) is 11.6. The number of nitrogens with zero attached hydrogens (tertiary/aromatic N) is 1. The molecule has 0 fully saturated rings. The third-order valence-corrected chi connectivity index (χ3v) is 4.40. The van der Waals surface area contributed by atoms with Crippen LogP contribution >= 0.6 is 0 Å². The van der Waals surface area contributed by atoms with Crippen LogP contribution in [0, 0.1) is 39.2 Å². The van der Waals surface area contributed by atoms with Crippen molar-refractivity contribution in [2.24, 2.45) is 0 Å². The molecule has 0 aliphatic carbocycles. The molecular formula is C14H6F5NO4S. The van der Waals surface area contributed by atoms with E-state index >= 15 is 0 Å². The molecule has 0 atom stereocenters. The molecule has 11 heteroatoms. The number of halogens is 5. The lowest BCUT2D eigenvalue weighted by molar-refractivity contribution is -0.384. The van der Waals surface area contributed by atoms with E-state index in [0.29, 0.717) is 0 Å². The summed E-state index contributed by atoms with van der Waals surface area (Å²) >= 11 is 0. The zero-order chi connectivity index (χ0) is 18.9. The van der Waals surface area contributed by atoms with Crippen molar-refractivity contribution in [1.82, 2.24) is 0 Å². The molecule has 2 aromatic rings. The highest BCUT2D eigenvalue weighted by Crippen LogP contribution is 2.28. The third kappa shape index (κ3) is 3.50. The van der Waals surface area contributed by atoms with Gasteiger partial charge in [-0.1, -0.05) is 12.1 Å². The van der Waals surface area contributed by atoms with Gasteiger partial charge in [0.1, 0.15) is 4.90 Å². The Hall–Kier alpha value is -2.82. The van der Waals surface area contributed by atoms with E-state index < -0.39 is 54.4 Å². The van der Waals surface area contributed by atoms with Gasteiger partial charge in [-0.05, 0) is 11.6 Å². The summed E-state index contributed by atoms with van der Waals surface area (Å²) in [5, 5.41) is 10.8. The summed E-state index contributed by atoms with van der Waals surface area (Å²) in [4.78, 5) is 7.84. The Morgan fingerprint density at radius 1 is 0.920 bits per heavy atom. The van der Waals surface area contributed by atoms with Gasteiger partial charge in [-0.2, -0.15) is 0 Å². The molecule has 0 saturated heterocycles. The van der Waals surface area contributed by atoms with Crippen molar-refractivity contribution in [3.8, 4) is 0 Å². The fourth-order valence-corrected chi connectivity index (χ4v) is 2.96. The second-order valence-corrected chi connectivity index (χ2v) is 6.37. The van der Waals surface area contributed by atoms with Crippen molar-refractivity contribution in [2.45, 2.75) is 4.90 Å². The van der Waals surface area contributed by atoms with Gasteiger partial charge >= 0.3 is 0 Å². The highest BCUT2D eigenvalue weighted by atomic mass is 32.2. The van der Waals surface area contributed by atoms with Gasteiger partial charge in [0.2, 0.25) is 15.7 Å². The van der Waals surface area contributed by atoms with Crippen LogP contribution in [0.25, 0.3) is 6.08 Å². The summed E-state index contributed by atoms with van der Waals surface area (Å²) in [6, 6.07) is 4.50. The standard InChI is InChI=1S/C14H6F5NO4S/c15-9-10(16)12(18)14(13(19)11(9)17)25(23,24)5-4-7-2-1-3-8(6-7)20(21)22/h1-6H/b5-4+.